The number of hydrogen-bond acceptors (Lipinski definition) is 5. The summed E-state index contributed by atoms with van der Waals surface area (Å²) in [6.45, 7) is 10.0. The van der Waals surface area contributed by atoms with Crippen LogP contribution in [0.4, 0.5) is 17.4 Å². The van der Waals surface area contributed by atoms with Crippen molar-refractivity contribution in [3.63, 3.8) is 0 Å². The molecule has 1 aromatic carbocycles. The number of rotatable bonds is 4. The van der Waals surface area contributed by atoms with Crippen molar-refractivity contribution in [3.8, 4) is 5.75 Å². The molecule has 1 unspecified atom stereocenters. The van der Waals surface area contributed by atoms with Crippen LogP contribution >= 0.6 is 0 Å². The number of pyridine rings is 1. The Bertz CT molecular complexity index is 1210. The summed E-state index contributed by atoms with van der Waals surface area (Å²) in [4.78, 5) is 17.8. The zero-order valence-corrected chi connectivity index (χ0v) is 20.1. The molecule has 2 N–H and O–H groups in total. The van der Waals surface area contributed by atoms with Gasteiger partial charge in [0.1, 0.15) is 17.2 Å². The summed E-state index contributed by atoms with van der Waals surface area (Å²) in [7, 11) is 1.61. The topological polar surface area (TPSA) is 80.8 Å². The van der Waals surface area contributed by atoms with Crippen molar-refractivity contribution in [2.75, 3.05) is 17.7 Å². The van der Waals surface area contributed by atoms with Crippen LogP contribution in [0, 0.1) is 6.92 Å². The first kappa shape index (κ1) is 23.9. The highest BCUT2D eigenvalue weighted by atomic mass is 16.5. The fourth-order valence-corrected chi connectivity index (χ4v) is 3.73. The monoisotopic (exact) mass is 448 g/mol. The number of benzene rings is 1. The fraction of sp³-hybridized carbons (Fsp3) is 0.308. The zero-order valence-electron chi connectivity index (χ0n) is 20.1. The van der Waals surface area contributed by atoms with Crippen LogP contribution in [0.5, 0.6) is 5.75 Å². The molecule has 1 amide bonds. The van der Waals surface area contributed by atoms with E-state index in [9.17, 15) is 4.79 Å². The Kier molecular flexibility index (Phi) is 7.77. The zero-order chi connectivity index (χ0) is 24.0. The van der Waals surface area contributed by atoms with Gasteiger partial charge in [0.2, 0.25) is 5.91 Å². The van der Waals surface area contributed by atoms with E-state index in [2.05, 4.69) is 10.6 Å². The van der Waals surface area contributed by atoms with Gasteiger partial charge < -0.3 is 19.8 Å². The normalized spacial score (nSPS) is 14.2. The molecule has 0 saturated heterocycles. The van der Waals surface area contributed by atoms with Crippen molar-refractivity contribution < 1.29 is 13.9 Å². The van der Waals surface area contributed by atoms with Crippen molar-refractivity contribution >= 4 is 28.9 Å². The van der Waals surface area contributed by atoms with Gasteiger partial charge in [-0.05, 0) is 42.7 Å². The number of anilines is 3. The maximum Gasteiger partial charge on any atom is 0.234 e. The van der Waals surface area contributed by atoms with Crippen molar-refractivity contribution in [1.82, 2.24) is 9.38 Å². The van der Waals surface area contributed by atoms with Gasteiger partial charge in [-0.1, -0.05) is 39.8 Å². The third kappa shape index (κ3) is 4.87. The molecule has 33 heavy (non-hydrogen) atoms. The lowest BCUT2D eigenvalue weighted by Gasteiger charge is -2.24. The number of carbonyl (C=O) groups excluding carboxylic acids is 1. The molecule has 0 aliphatic carbocycles. The lowest BCUT2D eigenvalue weighted by molar-refractivity contribution is -0.117. The Morgan fingerprint density at radius 2 is 1.94 bits per heavy atom. The van der Waals surface area contributed by atoms with E-state index in [0.29, 0.717) is 23.7 Å². The highest BCUT2D eigenvalue weighted by molar-refractivity contribution is 5.99. The van der Waals surface area contributed by atoms with Gasteiger partial charge in [0.05, 0.1) is 25.0 Å². The van der Waals surface area contributed by atoms with Crippen LogP contribution in [-0.2, 0) is 11.2 Å². The largest absolute Gasteiger partial charge is 0.497 e. The van der Waals surface area contributed by atoms with Gasteiger partial charge in [0.15, 0.2) is 5.88 Å². The van der Waals surface area contributed by atoms with Crippen LogP contribution < -0.4 is 15.4 Å². The van der Waals surface area contributed by atoms with Crippen LogP contribution in [0.2, 0.25) is 0 Å². The van der Waals surface area contributed by atoms with Gasteiger partial charge in [0, 0.05) is 24.0 Å². The Hall–Kier alpha value is -3.74. The predicted molar refractivity (Wildman–Crippen MR) is 133 cm³/mol. The molecular formula is C26H32N4O3. The Morgan fingerprint density at radius 3 is 2.64 bits per heavy atom. The molecular weight excluding hydrogens is 416 g/mol. The van der Waals surface area contributed by atoms with Crippen molar-refractivity contribution in [2.45, 2.75) is 47.0 Å². The molecule has 5 rings (SSSR count). The van der Waals surface area contributed by atoms with E-state index in [-0.39, 0.29) is 5.91 Å². The lowest BCUT2D eigenvalue weighted by Crippen LogP contribution is -2.29. The number of furan rings is 1. The molecule has 4 heterocycles. The molecule has 0 fully saturated rings. The summed E-state index contributed by atoms with van der Waals surface area (Å²) in [5.74, 6) is 1.53. The Balaban J connectivity index is 0.000000728. The average Bonchev–Trinajstić information content (AvgIpc) is 3.49. The summed E-state index contributed by atoms with van der Waals surface area (Å²) < 4.78 is 12.7. The van der Waals surface area contributed by atoms with E-state index >= 15 is 0 Å². The Morgan fingerprint density at radius 1 is 1.15 bits per heavy atom. The number of aryl methyl sites for hydroxylation is 1. The van der Waals surface area contributed by atoms with E-state index in [1.165, 1.54) is 0 Å². The molecule has 0 radical (unpaired) electrons. The second kappa shape index (κ2) is 10.7. The number of imidazole rings is 1. The molecule has 1 atom stereocenters. The number of ether oxygens (including phenoxy) is 1. The highest BCUT2D eigenvalue weighted by Crippen LogP contribution is 2.37. The smallest absolute Gasteiger partial charge is 0.234 e. The van der Waals surface area contributed by atoms with E-state index in [4.69, 9.17) is 14.1 Å². The first-order valence-electron chi connectivity index (χ1n) is 11.4. The van der Waals surface area contributed by atoms with Gasteiger partial charge in [-0.15, -0.1) is 0 Å². The molecule has 7 nitrogen and oxygen atoms in total. The number of methoxy groups -OCH3 is 1. The number of amides is 1. The number of fused-ring (bicyclic) bond motifs is 2. The summed E-state index contributed by atoms with van der Waals surface area (Å²) in [5.41, 5.74) is 4.38. The van der Waals surface area contributed by atoms with Gasteiger partial charge in [-0.3, -0.25) is 9.20 Å². The summed E-state index contributed by atoms with van der Waals surface area (Å²) in [5, 5.41) is 6.30. The molecule has 0 saturated carbocycles. The van der Waals surface area contributed by atoms with E-state index in [0.717, 1.165) is 28.3 Å². The molecule has 1 aliphatic heterocycles. The summed E-state index contributed by atoms with van der Waals surface area (Å²) >= 11 is 0. The van der Waals surface area contributed by atoms with Gasteiger partial charge in [-0.2, -0.15) is 0 Å². The minimum Gasteiger partial charge on any atom is -0.497 e. The van der Waals surface area contributed by atoms with E-state index < -0.39 is 5.92 Å². The van der Waals surface area contributed by atoms with Gasteiger partial charge in [-0.25, -0.2) is 4.98 Å². The van der Waals surface area contributed by atoms with Crippen LogP contribution in [0.1, 0.15) is 50.4 Å². The maximum atomic E-state index is 13.0. The maximum absolute atomic E-state index is 13.0. The van der Waals surface area contributed by atoms with Crippen LogP contribution in [0.3, 0.4) is 0 Å². The van der Waals surface area contributed by atoms with Crippen molar-refractivity contribution in [3.05, 3.63) is 71.7 Å². The summed E-state index contributed by atoms with van der Waals surface area (Å²) in [6.07, 6.45) is 4.16. The van der Waals surface area contributed by atoms with Crippen LogP contribution in [0.15, 0.2) is 59.3 Å². The average molecular weight is 449 g/mol. The number of hydrogen-bond donors (Lipinski definition) is 2. The third-order valence-electron chi connectivity index (χ3n) is 5.20. The SMILES string of the molecule is CC.CC.COc1ccc2c(c1)NC(=O)C(c1nc3ccc(C)cn3c1Nc1ccco1)C2. The molecule has 3 aromatic heterocycles. The molecule has 7 heteroatoms. The van der Waals surface area contributed by atoms with E-state index in [1.807, 2.05) is 87.7 Å². The second-order valence-electron chi connectivity index (χ2n) is 7.15. The quantitative estimate of drug-likeness (QED) is 0.382. The number of nitrogens with one attached hydrogen (secondary N) is 2. The standard InChI is InChI=1S/C22H20N4O3.2C2H6/c1-13-5-8-18-24-20(21(26(18)12-13)25-19-4-3-9-29-19)16-10-14-6-7-15(28-2)11-17(14)23-22(16)27;2*1-2/h3-9,11-12,16,25H,10H2,1-2H3,(H,23,27);2*1-2H3. The lowest BCUT2D eigenvalue weighted by atomic mass is 9.90. The first-order chi connectivity index (χ1) is 16.1. The molecule has 4 aromatic rings. The van der Waals surface area contributed by atoms with Crippen LogP contribution in [0.25, 0.3) is 5.65 Å². The second-order valence-corrected chi connectivity index (χ2v) is 7.15. The van der Waals surface area contributed by atoms with Crippen LogP contribution in [-0.4, -0.2) is 22.4 Å². The molecule has 0 bridgehead atoms. The van der Waals surface area contributed by atoms with Gasteiger partial charge in [0.25, 0.3) is 0 Å². The number of aromatic nitrogens is 2. The Labute approximate surface area is 194 Å². The first-order valence-corrected chi connectivity index (χ1v) is 11.4. The minimum atomic E-state index is -0.423. The number of nitrogens with zero attached hydrogens (tertiary/aromatic N) is 2. The summed E-state index contributed by atoms with van der Waals surface area (Å²) in [6, 6.07) is 13.3. The minimum absolute atomic E-state index is 0.0895. The van der Waals surface area contributed by atoms with E-state index in [1.54, 1.807) is 13.4 Å². The van der Waals surface area contributed by atoms with Crippen molar-refractivity contribution in [1.29, 1.82) is 0 Å². The predicted octanol–water partition coefficient (Wildman–Crippen LogP) is 6.32. The van der Waals surface area contributed by atoms with Gasteiger partial charge >= 0.3 is 0 Å². The number of carbonyl (C=O) groups is 1. The fourth-order valence-electron chi connectivity index (χ4n) is 3.73. The third-order valence-corrected chi connectivity index (χ3v) is 5.20. The highest BCUT2D eigenvalue weighted by Gasteiger charge is 2.33. The molecule has 1 aliphatic rings. The molecule has 174 valence electrons. The van der Waals surface area contributed by atoms with Crippen molar-refractivity contribution in [2.24, 2.45) is 0 Å². The molecule has 0 spiro atoms.